The Morgan fingerprint density at radius 2 is 0.800 bits per heavy atom. The third-order valence-electron chi connectivity index (χ3n) is 4.75. The van der Waals surface area contributed by atoms with Gasteiger partial charge in [-0.15, -0.1) is 0 Å². The van der Waals surface area contributed by atoms with Crippen LogP contribution in [-0.2, 0) is 0 Å². The number of hydrogen-bond acceptors (Lipinski definition) is 0. The lowest BCUT2D eigenvalue weighted by Gasteiger charge is -2.02. The van der Waals surface area contributed by atoms with E-state index in [1.54, 1.807) is 0 Å². The summed E-state index contributed by atoms with van der Waals surface area (Å²) in [5, 5.41) is 0. The van der Waals surface area contributed by atoms with E-state index in [1.165, 1.54) is 89.9 Å². The molecule has 0 aliphatic rings. The molecule has 0 N–H and O–H groups in total. The smallest absolute Gasteiger partial charge is 0.0169 e. The zero-order valence-electron chi connectivity index (χ0n) is 17.5. The highest BCUT2D eigenvalue weighted by Gasteiger charge is 1.93. The predicted molar refractivity (Wildman–Crippen MR) is 117 cm³/mol. The SMILES string of the molecule is CCC=CCC=CCC=CCCCCCCCCCCCCCCC. The van der Waals surface area contributed by atoms with Gasteiger partial charge in [0.05, 0.1) is 0 Å². The maximum Gasteiger partial charge on any atom is -0.0169 e. The highest BCUT2D eigenvalue weighted by molar-refractivity contribution is 4.96. The summed E-state index contributed by atoms with van der Waals surface area (Å²) in [7, 11) is 0. The number of allylic oxidation sites excluding steroid dienone is 6. The molecular formula is C25H46. The van der Waals surface area contributed by atoms with E-state index in [-0.39, 0.29) is 0 Å². The van der Waals surface area contributed by atoms with Gasteiger partial charge in [0.15, 0.2) is 0 Å². The van der Waals surface area contributed by atoms with E-state index < -0.39 is 0 Å². The molecule has 0 aromatic carbocycles. The van der Waals surface area contributed by atoms with Crippen LogP contribution in [-0.4, -0.2) is 0 Å². The summed E-state index contributed by atoms with van der Waals surface area (Å²) >= 11 is 0. The Bertz CT molecular complexity index is 308. The number of hydrogen-bond donors (Lipinski definition) is 0. The summed E-state index contributed by atoms with van der Waals surface area (Å²) < 4.78 is 0. The predicted octanol–water partition coefficient (Wildman–Crippen LogP) is 9.33. The molecule has 0 heterocycles. The molecule has 146 valence electrons. The van der Waals surface area contributed by atoms with E-state index in [0.717, 1.165) is 19.3 Å². The Balaban J connectivity index is 3.13. The van der Waals surface area contributed by atoms with Crippen LogP contribution in [0.25, 0.3) is 0 Å². The molecule has 0 nitrogen and oxygen atoms in total. The van der Waals surface area contributed by atoms with Gasteiger partial charge in [-0.25, -0.2) is 0 Å². The second kappa shape index (κ2) is 23.2. The fraction of sp³-hybridized carbons (Fsp3) is 0.760. The molecule has 0 radical (unpaired) electrons. The second-order valence-electron chi connectivity index (χ2n) is 7.33. The minimum Gasteiger partial charge on any atom is -0.0885 e. The quantitative estimate of drug-likeness (QED) is 0.161. The van der Waals surface area contributed by atoms with Crippen molar-refractivity contribution in [3.63, 3.8) is 0 Å². The Hall–Kier alpha value is -0.780. The highest BCUT2D eigenvalue weighted by Crippen LogP contribution is 2.13. The van der Waals surface area contributed by atoms with Gasteiger partial charge < -0.3 is 0 Å². The van der Waals surface area contributed by atoms with Gasteiger partial charge >= 0.3 is 0 Å². The molecule has 0 heteroatoms. The van der Waals surface area contributed by atoms with E-state index in [4.69, 9.17) is 0 Å². The summed E-state index contributed by atoms with van der Waals surface area (Å²) in [6.07, 6.45) is 37.0. The third kappa shape index (κ3) is 23.2. The Morgan fingerprint density at radius 3 is 1.28 bits per heavy atom. The van der Waals surface area contributed by atoms with Gasteiger partial charge in [0.2, 0.25) is 0 Å². The molecular weight excluding hydrogens is 300 g/mol. The summed E-state index contributed by atoms with van der Waals surface area (Å²) in [4.78, 5) is 0. The highest BCUT2D eigenvalue weighted by atomic mass is 14.0. The summed E-state index contributed by atoms with van der Waals surface area (Å²) in [5.41, 5.74) is 0. The van der Waals surface area contributed by atoms with Crippen LogP contribution in [0.2, 0.25) is 0 Å². The summed E-state index contributed by atoms with van der Waals surface area (Å²) in [5.74, 6) is 0. The van der Waals surface area contributed by atoms with Gasteiger partial charge in [0.25, 0.3) is 0 Å². The van der Waals surface area contributed by atoms with E-state index in [9.17, 15) is 0 Å². The first-order valence-corrected chi connectivity index (χ1v) is 11.4. The van der Waals surface area contributed by atoms with Crippen molar-refractivity contribution in [3.8, 4) is 0 Å². The van der Waals surface area contributed by atoms with Crippen LogP contribution < -0.4 is 0 Å². The third-order valence-corrected chi connectivity index (χ3v) is 4.75. The Morgan fingerprint density at radius 1 is 0.400 bits per heavy atom. The van der Waals surface area contributed by atoms with E-state index in [2.05, 4.69) is 50.3 Å². The molecule has 0 amide bonds. The van der Waals surface area contributed by atoms with Crippen LogP contribution in [0.1, 0.15) is 123 Å². The van der Waals surface area contributed by atoms with Crippen LogP contribution >= 0.6 is 0 Å². The van der Waals surface area contributed by atoms with Crippen molar-refractivity contribution in [1.29, 1.82) is 0 Å². The van der Waals surface area contributed by atoms with Gasteiger partial charge in [-0.1, -0.05) is 127 Å². The van der Waals surface area contributed by atoms with Crippen molar-refractivity contribution >= 4 is 0 Å². The molecule has 0 aromatic heterocycles. The van der Waals surface area contributed by atoms with E-state index in [1.807, 2.05) is 0 Å². The molecule has 0 aromatic rings. The molecule has 0 aliphatic carbocycles. The molecule has 0 saturated carbocycles. The molecule has 0 fully saturated rings. The molecule has 0 unspecified atom stereocenters. The van der Waals surface area contributed by atoms with Crippen molar-refractivity contribution in [3.05, 3.63) is 36.5 Å². The van der Waals surface area contributed by atoms with Crippen LogP contribution in [0, 0.1) is 0 Å². The van der Waals surface area contributed by atoms with E-state index in [0.29, 0.717) is 0 Å². The molecule has 0 rings (SSSR count). The lowest BCUT2D eigenvalue weighted by molar-refractivity contribution is 0.540. The fourth-order valence-electron chi connectivity index (χ4n) is 3.11. The molecule has 25 heavy (non-hydrogen) atoms. The zero-order valence-corrected chi connectivity index (χ0v) is 17.5. The molecule has 0 aliphatic heterocycles. The molecule has 0 atom stereocenters. The standard InChI is InChI=1S/C25H46/c1-3-5-7-9-11-13-15-17-19-21-23-25-24-22-20-18-16-14-12-10-8-6-4-2/h5,7,11,13,17,19H,3-4,6,8-10,12,14-16,18,20-25H2,1-2H3. The minimum absolute atomic E-state index is 1.08. The number of unbranched alkanes of at least 4 members (excludes halogenated alkanes) is 13. The van der Waals surface area contributed by atoms with Crippen molar-refractivity contribution in [2.45, 2.75) is 123 Å². The van der Waals surface area contributed by atoms with Crippen LogP contribution in [0.3, 0.4) is 0 Å². The fourth-order valence-corrected chi connectivity index (χ4v) is 3.11. The van der Waals surface area contributed by atoms with Gasteiger partial charge in [0.1, 0.15) is 0 Å². The topological polar surface area (TPSA) is 0 Å². The molecule has 0 bridgehead atoms. The lowest BCUT2D eigenvalue weighted by Crippen LogP contribution is -1.82. The van der Waals surface area contributed by atoms with Gasteiger partial charge in [0, 0.05) is 0 Å². The van der Waals surface area contributed by atoms with Crippen LogP contribution in [0.5, 0.6) is 0 Å². The van der Waals surface area contributed by atoms with Crippen molar-refractivity contribution < 1.29 is 0 Å². The van der Waals surface area contributed by atoms with Gasteiger partial charge in [-0.3, -0.25) is 0 Å². The average molecular weight is 347 g/mol. The maximum absolute atomic E-state index is 2.37. The number of rotatable bonds is 19. The van der Waals surface area contributed by atoms with Crippen LogP contribution in [0.4, 0.5) is 0 Å². The average Bonchev–Trinajstić information content (AvgIpc) is 2.63. The summed E-state index contributed by atoms with van der Waals surface area (Å²) in [6.45, 7) is 4.47. The molecule has 0 saturated heterocycles. The summed E-state index contributed by atoms with van der Waals surface area (Å²) in [6, 6.07) is 0. The van der Waals surface area contributed by atoms with Gasteiger partial charge in [-0.05, 0) is 32.1 Å². The first-order valence-electron chi connectivity index (χ1n) is 11.4. The van der Waals surface area contributed by atoms with Crippen LogP contribution in [0.15, 0.2) is 36.5 Å². The largest absolute Gasteiger partial charge is 0.0885 e. The van der Waals surface area contributed by atoms with Crippen molar-refractivity contribution in [2.75, 3.05) is 0 Å². The normalized spacial score (nSPS) is 12.2. The first kappa shape index (κ1) is 24.2. The Labute approximate surface area is 159 Å². The minimum atomic E-state index is 1.08. The second-order valence-corrected chi connectivity index (χ2v) is 7.33. The maximum atomic E-state index is 2.37. The Kier molecular flexibility index (Phi) is 22.5. The monoisotopic (exact) mass is 346 g/mol. The molecule has 0 spiro atoms. The zero-order chi connectivity index (χ0) is 18.3. The lowest BCUT2D eigenvalue weighted by atomic mass is 10.0. The van der Waals surface area contributed by atoms with Crippen molar-refractivity contribution in [1.82, 2.24) is 0 Å². The van der Waals surface area contributed by atoms with E-state index >= 15 is 0 Å². The first-order chi connectivity index (χ1) is 12.4. The van der Waals surface area contributed by atoms with Gasteiger partial charge in [-0.2, -0.15) is 0 Å². The van der Waals surface area contributed by atoms with Crippen molar-refractivity contribution in [2.24, 2.45) is 0 Å².